The van der Waals surface area contributed by atoms with Crippen LogP contribution in [0.5, 0.6) is 0 Å². The first-order valence-electron chi connectivity index (χ1n) is 14.4. The summed E-state index contributed by atoms with van der Waals surface area (Å²) in [5.74, 6) is 0.747. The number of ether oxygens (including phenoxy) is 6. The van der Waals surface area contributed by atoms with Crippen LogP contribution in [0.15, 0.2) is 91.0 Å². The molecule has 1 saturated heterocycles. The van der Waals surface area contributed by atoms with Crippen LogP contribution in [0.1, 0.15) is 44.4 Å². The van der Waals surface area contributed by atoms with Crippen LogP contribution >= 0.6 is 11.8 Å². The average molecular weight is 595 g/mol. The van der Waals surface area contributed by atoms with E-state index in [1.165, 1.54) is 0 Å². The van der Waals surface area contributed by atoms with Crippen molar-refractivity contribution in [3.05, 3.63) is 108 Å². The summed E-state index contributed by atoms with van der Waals surface area (Å²) in [6.07, 6.45) is -3.26. The molecule has 0 aliphatic carbocycles. The molecule has 0 aromatic heterocycles. The van der Waals surface area contributed by atoms with E-state index in [9.17, 15) is 4.79 Å². The predicted molar refractivity (Wildman–Crippen MR) is 164 cm³/mol. The Labute approximate surface area is 253 Å². The van der Waals surface area contributed by atoms with Crippen LogP contribution in [0, 0.1) is 0 Å². The standard InChI is InChI=1S/C34H42O7S/c1-5-42-32-31(40-33(35)41-34(2,3)4)30(38-23-27-19-13-8-14-20-27)29(37-22-26-17-11-7-12-18-26)28(39-32)24-36-21-25-15-9-6-10-16-25/h6-20,28-32H,5,21-24H2,1-4H3/t28-,29-,30+,31-,32+/m1/s1. The summed E-state index contributed by atoms with van der Waals surface area (Å²) in [6.45, 7) is 8.81. The van der Waals surface area contributed by atoms with E-state index in [-0.39, 0.29) is 6.61 Å². The van der Waals surface area contributed by atoms with Gasteiger partial charge in [0.25, 0.3) is 0 Å². The van der Waals surface area contributed by atoms with Gasteiger partial charge in [0.2, 0.25) is 0 Å². The minimum Gasteiger partial charge on any atom is -0.429 e. The largest absolute Gasteiger partial charge is 0.509 e. The lowest BCUT2D eigenvalue weighted by Gasteiger charge is -2.45. The SMILES string of the molecule is CCS[C@@H]1O[C@H](COCc2ccccc2)[C@@H](OCc2ccccc2)[C@H](OCc2ccccc2)[C@H]1OC(=O)OC(C)(C)C. The van der Waals surface area contributed by atoms with E-state index in [0.29, 0.717) is 19.8 Å². The van der Waals surface area contributed by atoms with Crippen molar-refractivity contribution in [2.75, 3.05) is 12.4 Å². The van der Waals surface area contributed by atoms with Crippen LogP contribution in [0.3, 0.4) is 0 Å². The second kappa shape index (κ2) is 16.1. The lowest BCUT2D eigenvalue weighted by atomic mass is 9.99. The molecule has 0 bridgehead atoms. The van der Waals surface area contributed by atoms with Crippen molar-refractivity contribution in [1.82, 2.24) is 0 Å². The van der Waals surface area contributed by atoms with Crippen LogP contribution in [0.2, 0.25) is 0 Å². The van der Waals surface area contributed by atoms with Crippen molar-refractivity contribution in [3.63, 3.8) is 0 Å². The van der Waals surface area contributed by atoms with Crippen molar-refractivity contribution in [2.45, 2.75) is 83.0 Å². The molecule has 42 heavy (non-hydrogen) atoms. The summed E-state index contributed by atoms with van der Waals surface area (Å²) in [7, 11) is 0. The maximum atomic E-state index is 13.0. The minimum atomic E-state index is -0.778. The molecular formula is C34H42O7S. The number of carbonyl (C=O) groups excluding carboxylic acids is 1. The molecule has 0 radical (unpaired) electrons. The van der Waals surface area contributed by atoms with Crippen LogP contribution in [-0.2, 0) is 48.2 Å². The number of thioether (sulfide) groups is 1. The summed E-state index contributed by atoms with van der Waals surface area (Å²) in [6, 6.07) is 29.8. The topological polar surface area (TPSA) is 72.5 Å². The van der Waals surface area contributed by atoms with E-state index in [2.05, 4.69) is 0 Å². The lowest BCUT2D eigenvalue weighted by Crippen LogP contribution is -2.61. The van der Waals surface area contributed by atoms with E-state index in [4.69, 9.17) is 28.4 Å². The summed E-state index contributed by atoms with van der Waals surface area (Å²) >= 11 is 1.55. The van der Waals surface area contributed by atoms with Crippen LogP contribution in [0.25, 0.3) is 0 Å². The molecule has 8 heteroatoms. The summed E-state index contributed by atoms with van der Waals surface area (Å²) < 4.78 is 37.4. The highest BCUT2D eigenvalue weighted by Gasteiger charge is 2.50. The molecule has 226 valence electrons. The minimum absolute atomic E-state index is 0.277. The highest BCUT2D eigenvalue weighted by atomic mass is 32.2. The Kier molecular flexibility index (Phi) is 12.3. The van der Waals surface area contributed by atoms with Gasteiger partial charge < -0.3 is 28.4 Å². The lowest BCUT2D eigenvalue weighted by molar-refractivity contribution is -0.246. The Balaban J connectivity index is 1.61. The maximum Gasteiger partial charge on any atom is 0.509 e. The van der Waals surface area contributed by atoms with Gasteiger partial charge in [-0.3, -0.25) is 0 Å². The molecule has 5 atom stereocenters. The Morgan fingerprint density at radius 2 is 1.24 bits per heavy atom. The third-order valence-electron chi connectivity index (χ3n) is 6.51. The second-order valence-corrected chi connectivity index (χ2v) is 12.4. The van der Waals surface area contributed by atoms with Gasteiger partial charge in [0, 0.05) is 0 Å². The molecule has 0 N–H and O–H groups in total. The Morgan fingerprint density at radius 3 is 1.74 bits per heavy atom. The van der Waals surface area contributed by atoms with Gasteiger partial charge >= 0.3 is 6.16 Å². The fraction of sp³-hybridized carbons (Fsp3) is 0.441. The first-order valence-corrected chi connectivity index (χ1v) is 15.5. The molecule has 0 unspecified atom stereocenters. The molecular weight excluding hydrogens is 552 g/mol. The molecule has 1 aliphatic heterocycles. The van der Waals surface area contributed by atoms with E-state index < -0.39 is 41.6 Å². The van der Waals surface area contributed by atoms with Crippen LogP contribution < -0.4 is 0 Å². The molecule has 0 spiro atoms. The van der Waals surface area contributed by atoms with Crippen molar-refractivity contribution in [3.8, 4) is 0 Å². The van der Waals surface area contributed by atoms with Gasteiger partial charge in [0.1, 0.15) is 29.3 Å². The molecule has 1 aliphatic rings. The second-order valence-electron chi connectivity index (χ2n) is 11.1. The van der Waals surface area contributed by atoms with E-state index in [1.54, 1.807) is 32.5 Å². The first-order chi connectivity index (χ1) is 20.3. The van der Waals surface area contributed by atoms with E-state index in [0.717, 1.165) is 22.4 Å². The summed E-state index contributed by atoms with van der Waals surface area (Å²) in [5, 5.41) is 0. The van der Waals surface area contributed by atoms with E-state index in [1.807, 2.05) is 97.9 Å². The zero-order chi connectivity index (χ0) is 29.8. The molecule has 1 fully saturated rings. The number of hydrogen-bond donors (Lipinski definition) is 0. The highest BCUT2D eigenvalue weighted by molar-refractivity contribution is 7.99. The van der Waals surface area contributed by atoms with Crippen molar-refractivity contribution < 1.29 is 33.2 Å². The molecule has 7 nitrogen and oxygen atoms in total. The van der Waals surface area contributed by atoms with E-state index >= 15 is 0 Å². The molecule has 3 aromatic rings. The molecule has 4 rings (SSSR count). The summed E-state index contributed by atoms with van der Waals surface area (Å²) in [5.41, 5.74) is 1.86. The first kappa shape index (κ1) is 32.0. The van der Waals surface area contributed by atoms with Gasteiger partial charge in [-0.1, -0.05) is 97.9 Å². The van der Waals surface area contributed by atoms with Crippen molar-refractivity contribution in [2.24, 2.45) is 0 Å². The Hall–Kier alpha value is -2.88. The molecule has 0 amide bonds. The Morgan fingerprint density at radius 1 is 0.738 bits per heavy atom. The Bertz CT molecular complexity index is 1190. The van der Waals surface area contributed by atoms with Crippen molar-refractivity contribution >= 4 is 17.9 Å². The highest BCUT2D eigenvalue weighted by Crippen LogP contribution is 2.35. The van der Waals surface area contributed by atoms with Gasteiger partial charge in [0.05, 0.1) is 26.4 Å². The number of benzene rings is 3. The van der Waals surface area contributed by atoms with Gasteiger partial charge in [-0.25, -0.2) is 4.79 Å². The van der Waals surface area contributed by atoms with Gasteiger partial charge in [0.15, 0.2) is 6.10 Å². The van der Waals surface area contributed by atoms with Gasteiger partial charge in [-0.15, -0.1) is 11.8 Å². The number of hydrogen-bond acceptors (Lipinski definition) is 8. The zero-order valence-corrected chi connectivity index (χ0v) is 25.7. The number of rotatable bonds is 13. The fourth-order valence-corrected chi connectivity index (χ4v) is 5.56. The third kappa shape index (κ3) is 10.1. The molecule has 3 aromatic carbocycles. The fourth-order valence-electron chi connectivity index (χ4n) is 4.61. The normalized spacial score (nSPS) is 22.4. The average Bonchev–Trinajstić information content (AvgIpc) is 2.97. The quantitative estimate of drug-likeness (QED) is 0.193. The van der Waals surface area contributed by atoms with Crippen LogP contribution in [-0.4, -0.2) is 54.0 Å². The molecule has 1 heterocycles. The van der Waals surface area contributed by atoms with Crippen molar-refractivity contribution in [1.29, 1.82) is 0 Å². The monoisotopic (exact) mass is 594 g/mol. The predicted octanol–water partition coefficient (Wildman–Crippen LogP) is 7.17. The smallest absolute Gasteiger partial charge is 0.429 e. The van der Waals surface area contributed by atoms with Gasteiger partial charge in [-0.2, -0.15) is 0 Å². The maximum absolute atomic E-state index is 13.0. The van der Waals surface area contributed by atoms with Crippen LogP contribution in [0.4, 0.5) is 4.79 Å². The van der Waals surface area contributed by atoms with Gasteiger partial charge in [-0.05, 0) is 43.2 Å². The molecule has 0 saturated carbocycles. The zero-order valence-electron chi connectivity index (χ0n) is 24.8. The third-order valence-corrected chi connectivity index (χ3v) is 7.55. The number of carbonyl (C=O) groups is 1. The summed E-state index contributed by atoms with van der Waals surface area (Å²) in [4.78, 5) is 13.0.